The molecular weight excluding hydrogens is 290 g/mol. The number of nitrogens with one attached hydrogen (secondary N) is 3. The number of fused-ring (bicyclic) bond motifs is 1. The number of aromatic amines is 1. The molecule has 0 spiro atoms. The van der Waals surface area contributed by atoms with Crippen molar-refractivity contribution in [3.8, 4) is 0 Å². The fraction of sp³-hybridized carbons (Fsp3) is 0.400. The van der Waals surface area contributed by atoms with Crippen LogP contribution in [0.15, 0.2) is 24.4 Å². The van der Waals surface area contributed by atoms with Gasteiger partial charge in [-0.1, -0.05) is 17.7 Å². The predicted molar refractivity (Wildman–Crippen MR) is 84.5 cm³/mol. The molecule has 0 fully saturated rings. The second kappa shape index (κ2) is 7.45. The van der Waals surface area contributed by atoms with Crippen LogP contribution in [0.5, 0.6) is 0 Å². The smallest absolute Gasteiger partial charge is 0.236 e. The Labute approximate surface area is 129 Å². The molecule has 1 atom stereocenters. The summed E-state index contributed by atoms with van der Waals surface area (Å²) in [5.41, 5.74) is 2.11. The molecule has 2 aromatic rings. The van der Waals surface area contributed by atoms with Gasteiger partial charge in [0.15, 0.2) is 0 Å². The molecule has 1 heterocycles. The zero-order valence-electron chi connectivity index (χ0n) is 12.2. The molecule has 0 bridgehead atoms. The van der Waals surface area contributed by atoms with E-state index in [1.165, 1.54) is 0 Å². The average molecular weight is 310 g/mol. The Balaban J connectivity index is 1.90. The van der Waals surface area contributed by atoms with Crippen LogP contribution < -0.4 is 10.6 Å². The Kier molecular flexibility index (Phi) is 5.61. The second-order valence-electron chi connectivity index (χ2n) is 4.89. The van der Waals surface area contributed by atoms with Gasteiger partial charge in [0.1, 0.15) is 0 Å². The number of carbonyl (C=O) groups excluding carboxylic acids is 1. The van der Waals surface area contributed by atoms with E-state index in [0.29, 0.717) is 24.7 Å². The van der Waals surface area contributed by atoms with Crippen LogP contribution in [0.4, 0.5) is 0 Å². The van der Waals surface area contributed by atoms with Gasteiger partial charge < -0.3 is 20.4 Å². The Morgan fingerprint density at radius 1 is 1.48 bits per heavy atom. The van der Waals surface area contributed by atoms with E-state index in [4.69, 9.17) is 16.3 Å². The van der Waals surface area contributed by atoms with Gasteiger partial charge in [0.05, 0.1) is 12.6 Å². The van der Waals surface area contributed by atoms with Gasteiger partial charge in [-0.2, -0.15) is 0 Å². The summed E-state index contributed by atoms with van der Waals surface area (Å²) < 4.78 is 4.90. The van der Waals surface area contributed by atoms with Crippen molar-refractivity contribution >= 4 is 28.4 Å². The van der Waals surface area contributed by atoms with Crippen molar-refractivity contribution in [3.63, 3.8) is 0 Å². The van der Waals surface area contributed by atoms with Gasteiger partial charge in [-0.15, -0.1) is 0 Å². The number of amides is 1. The van der Waals surface area contributed by atoms with Crippen LogP contribution in [0, 0.1) is 0 Å². The minimum absolute atomic E-state index is 0.0325. The maximum Gasteiger partial charge on any atom is 0.236 e. The van der Waals surface area contributed by atoms with Gasteiger partial charge >= 0.3 is 0 Å². The molecule has 1 aromatic carbocycles. The molecule has 2 rings (SSSR count). The molecule has 0 saturated carbocycles. The van der Waals surface area contributed by atoms with E-state index in [-0.39, 0.29) is 11.9 Å². The molecule has 0 aliphatic carbocycles. The summed E-state index contributed by atoms with van der Waals surface area (Å²) in [5, 5.41) is 7.83. The molecular formula is C15H20ClN3O2. The fourth-order valence-electron chi connectivity index (χ4n) is 2.09. The number of H-pyrrole nitrogens is 1. The first kappa shape index (κ1) is 15.8. The van der Waals surface area contributed by atoms with Crippen molar-refractivity contribution in [1.29, 1.82) is 0 Å². The van der Waals surface area contributed by atoms with E-state index in [1.807, 2.05) is 31.3 Å². The molecule has 1 unspecified atom stereocenters. The van der Waals surface area contributed by atoms with Gasteiger partial charge in [-0.3, -0.25) is 4.79 Å². The number of halogens is 1. The van der Waals surface area contributed by atoms with E-state index in [1.54, 1.807) is 7.11 Å². The monoisotopic (exact) mass is 309 g/mol. The third kappa shape index (κ3) is 4.20. The zero-order chi connectivity index (χ0) is 15.2. The summed E-state index contributed by atoms with van der Waals surface area (Å²) in [5.74, 6) is -0.0325. The van der Waals surface area contributed by atoms with Gasteiger partial charge in [0.2, 0.25) is 5.91 Å². The zero-order valence-corrected chi connectivity index (χ0v) is 13.0. The lowest BCUT2D eigenvalue weighted by Gasteiger charge is -2.13. The first-order chi connectivity index (χ1) is 10.1. The van der Waals surface area contributed by atoms with E-state index >= 15 is 0 Å². The number of ether oxygens (including phenoxy) is 1. The van der Waals surface area contributed by atoms with Gasteiger partial charge in [0.25, 0.3) is 0 Å². The van der Waals surface area contributed by atoms with Crippen molar-refractivity contribution in [2.75, 3.05) is 20.3 Å². The molecule has 1 aromatic heterocycles. The van der Waals surface area contributed by atoms with Crippen LogP contribution in [0.1, 0.15) is 12.5 Å². The minimum Gasteiger partial charge on any atom is -0.383 e. The first-order valence-electron chi connectivity index (χ1n) is 6.87. The van der Waals surface area contributed by atoms with Gasteiger partial charge in [-0.25, -0.2) is 0 Å². The normalized spacial score (nSPS) is 12.5. The molecule has 3 N–H and O–H groups in total. The van der Waals surface area contributed by atoms with E-state index in [2.05, 4.69) is 15.6 Å². The highest BCUT2D eigenvalue weighted by atomic mass is 35.5. The minimum atomic E-state index is -0.265. The maximum absolute atomic E-state index is 11.8. The van der Waals surface area contributed by atoms with E-state index in [0.717, 1.165) is 16.5 Å². The van der Waals surface area contributed by atoms with Gasteiger partial charge in [0, 0.05) is 42.3 Å². The number of rotatable bonds is 7. The molecule has 0 radical (unpaired) electrons. The summed E-state index contributed by atoms with van der Waals surface area (Å²) in [6, 6.07) is 5.47. The number of hydrogen-bond donors (Lipinski definition) is 3. The average Bonchev–Trinajstić information content (AvgIpc) is 2.87. The van der Waals surface area contributed by atoms with Gasteiger partial charge in [-0.05, 0) is 24.6 Å². The Hall–Kier alpha value is -1.56. The van der Waals surface area contributed by atoms with Crippen LogP contribution in [0.25, 0.3) is 10.9 Å². The predicted octanol–water partition coefficient (Wildman–Crippen LogP) is 2.06. The highest BCUT2D eigenvalue weighted by Crippen LogP contribution is 2.21. The van der Waals surface area contributed by atoms with Crippen LogP contribution in [-0.2, 0) is 16.1 Å². The Morgan fingerprint density at radius 3 is 3.05 bits per heavy atom. The summed E-state index contributed by atoms with van der Waals surface area (Å²) in [4.78, 5) is 15.0. The number of carbonyl (C=O) groups is 1. The largest absolute Gasteiger partial charge is 0.383 e. The molecule has 0 aliphatic heterocycles. The van der Waals surface area contributed by atoms with Crippen LogP contribution in [0.2, 0.25) is 5.02 Å². The fourth-order valence-corrected chi connectivity index (χ4v) is 2.26. The van der Waals surface area contributed by atoms with E-state index in [9.17, 15) is 4.79 Å². The molecule has 0 saturated heterocycles. The van der Waals surface area contributed by atoms with Crippen molar-refractivity contribution in [2.24, 2.45) is 0 Å². The first-order valence-corrected chi connectivity index (χ1v) is 7.25. The van der Waals surface area contributed by atoms with Crippen molar-refractivity contribution in [3.05, 3.63) is 35.0 Å². The summed E-state index contributed by atoms with van der Waals surface area (Å²) >= 11 is 5.96. The second-order valence-corrected chi connectivity index (χ2v) is 5.33. The van der Waals surface area contributed by atoms with Crippen LogP contribution >= 0.6 is 11.6 Å². The molecule has 6 heteroatoms. The van der Waals surface area contributed by atoms with Crippen LogP contribution in [-0.4, -0.2) is 37.2 Å². The molecule has 1 amide bonds. The topological polar surface area (TPSA) is 66.2 Å². The lowest BCUT2D eigenvalue weighted by Crippen LogP contribution is -2.42. The summed E-state index contributed by atoms with van der Waals surface area (Å²) in [6.07, 6.45) is 1.93. The lowest BCUT2D eigenvalue weighted by atomic mass is 10.1. The highest BCUT2D eigenvalue weighted by Gasteiger charge is 2.12. The number of aromatic nitrogens is 1. The summed E-state index contributed by atoms with van der Waals surface area (Å²) in [6.45, 7) is 3.49. The van der Waals surface area contributed by atoms with Crippen molar-refractivity contribution < 1.29 is 9.53 Å². The van der Waals surface area contributed by atoms with Crippen LogP contribution in [0.3, 0.4) is 0 Å². The maximum atomic E-state index is 11.8. The number of hydrogen-bond acceptors (Lipinski definition) is 3. The van der Waals surface area contributed by atoms with E-state index < -0.39 is 0 Å². The standard InChI is InChI=1S/C15H20ClN3O2/c1-10(15(20)17-5-6-21-2)18-8-11-9-19-14-7-12(16)3-4-13(11)14/h3-4,7,9-10,18-19H,5-6,8H2,1-2H3,(H,17,20). The van der Waals surface area contributed by atoms with Crippen molar-refractivity contribution in [2.45, 2.75) is 19.5 Å². The third-order valence-electron chi connectivity index (χ3n) is 3.33. The SMILES string of the molecule is COCCNC(=O)C(C)NCc1c[nH]c2cc(Cl)ccc12. The lowest BCUT2D eigenvalue weighted by molar-refractivity contribution is -0.122. The number of benzene rings is 1. The quantitative estimate of drug-likeness (QED) is 0.686. The Bertz CT molecular complexity index is 612. The molecule has 21 heavy (non-hydrogen) atoms. The third-order valence-corrected chi connectivity index (χ3v) is 3.56. The van der Waals surface area contributed by atoms with Crippen molar-refractivity contribution in [1.82, 2.24) is 15.6 Å². The molecule has 114 valence electrons. The summed E-state index contributed by atoms with van der Waals surface area (Å²) in [7, 11) is 1.61. The Morgan fingerprint density at radius 2 is 2.29 bits per heavy atom. The highest BCUT2D eigenvalue weighted by molar-refractivity contribution is 6.31. The molecule has 0 aliphatic rings. The number of methoxy groups -OCH3 is 1. The molecule has 5 nitrogen and oxygen atoms in total.